The van der Waals surface area contributed by atoms with Crippen molar-refractivity contribution in [3.63, 3.8) is 0 Å². The molecule has 0 bridgehead atoms. The van der Waals surface area contributed by atoms with E-state index in [2.05, 4.69) is 35.0 Å². The Morgan fingerprint density at radius 2 is 1.68 bits per heavy atom. The standard InChI is InChI=1S/C21H30N4O2S/c1-5-14-28(26,27)25-12-10-24(11-13-25)21-20(17(3)22-18(4)23-21)15-19-9-7-6-8-16(19)2/h6-9H,5,10-15H2,1-4H3. The normalized spacial score (nSPS) is 15.8. The van der Waals surface area contributed by atoms with Crippen molar-refractivity contribution in [3.05, 3.63) is 52.5 Å². The van der Waals surface area contributed by atoms with Crippen LogP contribution in [-0.4, -0.2) is 54.6 Å². The quantitative estimate of drug-likeness (QED) is 0.743. The van der Waals surface area contributed by atoms with E-state index in [0.29, 0.717) is 32.6 Å². The summed E-state index contributed by atoms with van der Waals surface area (Å²) in [5, 5.41) is 0. The molecule has 1 aliphatic heterocycles. The molecule has 1 aromatic carbocycles. The van der Waals surface area contributed by atoms with Gasteiger partial charge in [0.15, 0.2) is 0 Å². The minimum absolute atomic E-state index is 0.220. The maximum Gasteiger partial charge on any atom is 0.214 e. The maximum atomic E-state index is 12.4. The number of benzene rings is 1. The van der Waals surface area contributed by atoms with Crippen molar-refractivity contribution in [2.45, 2.75) is 40.5 Å². The number of rotatable bonds is 6. The molecule has 3 rings (SSSR count). The lowest BCUT2D eigenvalue weighted by atomic mass is 9.99. The molecule has 0 saturated carbocycles. The van der Waals surface area contributed by atoms with Gasteiger partial charge in [-0.15, -0.1) is 0 Å². The number of anilines is 1. The molecule has 152 valence electrons. The zero-order chi connectivity index (χ0) is 20.3. The molecule has 0 radical (unpaired) electrons. The Morgan fingerprint density at radius 1 is 1.00 bits per heavy atom. The third-order valence-corrected chi connectivity index (χ3v) is 7.40. The minimum Gasteiger partial charge on any atom is -0.354 e. The number of aromatic nitrogens is 2. The van der Waals surface area contributed by atoms with E-state index < -0.39 is 10.0 Å². The van der Waals surface area contributed by atoms with Gasteiger partial charge in [0.1, 0.15) is 11.6 Å². The fourth-order valence-corrected chi connectivity index (χ4v) is 5.24. The zero-order valence-corrected chi connectivity index (χ0v) is 18.1. The number of hydrogen-bond donors (Lipinski definition) is 0. The van der Waals surface area contributed by atoms with Crippen molar-refractivity contribution in [2.24, 2.45) is 0 Å². The summed E-state index contributed by atoms with van der Waals surface area (Å²) < 4.78 is 26.3. The van der Waals surface area contributed by atoms with Gasteiger partial charge in [-0.25, -0.2) is 18.4 Å². The molecule has 1 saturated heterocycles. The van der Waals surface area contributed by atoms with Crippen LogP contribution in [0.1, 0.15) is 41.6 Å². The molecule has 1 aliphatic rings. The van der Waals surface area contributed by atoms with E-state index in [-0.39, 0.29) is 5.75 Å². The average Bonchev–Trinajstić information content (AvgIpc) is 2.65. The molecule has 0 spiro atoms. The molecule has 1 fully saturated rings. The van der Waals surface area contributed by atoms with Crippen LogP contribution in [0, 0.1) is 20.8 Å². The average molecular weight is 403 g/mol. The van der Waals surface area contributed by atoms with Gasteiger partial charge in [0.05, 0.1) is 5.75 Å². The van der Waals surface area contributed by atoms with Gasteiger partial charge >= 0.3 is 0 Å². The molecule has 1 aromatic heterocycles. The topological polar surface area (TPSA) is 66.4 Å². The molecule has 0 unspecified atom stereocenters. The third kappa shape index (κ3) is 4.52. The highest BCUT2D eigenvalue weighted by atomic mass is 32.2. The number of aryl methyl sites for hydroxylation is 3. The van der Waals surface area contributed by atoms with E-state index in [1.165, 1.54) is 11.1 Å². The monoisotopic (exact) mass is 402 g/mol. The highest BCUT2D eigenvalue weighted by Crippen LogP contribution is 2.26. The second kappa shape index (κ2) is 8.57. The van der Waals surface area contributed by atoms with Crippen LogP contribution >= 0.6 is 0 Å². The fourth-order valence-electron chi connectivity index (χ4n) is 3.75. The Balaban J connectivity index is 1.86. The summed E-state index contributed by atoms with van der Waals surface area (Å²) in [6.07, 6.45) is 1.43. The van der Waals surface area contributed by atoms with E-state index in [4.69, 9.17) is 4.98 Å². The van der Waals surface area contributed by atoms with E-state index in [1.807, 2.05) is 26.8 Å². The number of nitrogens with zero attached hydrogens (tertiary/aromatic N) is 4. The first kappa shape index (κ1) is 20.7. The predicted octanol–water partition coefficient (Wildman–Crippen LogP) is 2.85. The second-order valence-electron chi connectivity index (χ2n) is 7.46. The largest absolute Gasteiger partial charge is 0.354 e. The number of sulfonamides is 1. The van der Waals surface area contributed by atoms with Gasteiger partial charge in [0.2, 0.25) is 10.0 Å². The fraction of sp³-hybridized carbons (Fsp3) is 0.524. The molecule has 0 atom stereocenters. The van der Waals surface area contributed by atoms with Crippen molar-refractivity contribution < 1.29 is 8.42 Å². The van der Waals surface area contributed by atoms with E-state index >= 15 is 0 Å². The molecule has 28 heavy (non-hydrogen) atoms. The van der Waals surface area contributed by atoms with Gasteiger partial charge in [-0.05, 0) is 38.3 Å². The first-order chi connectivity index (χ1) is 13.3. The summed E-state index contributed by atoms with van der Waals surface area (Å²) in [6, 6.07) is 8.38. The Kier molecular flexibility index (Phi) is 6.35. The Morgan fingerprint density at radius 3 is 2.32 bits per heavy atom. The number of hydrogen-bond acceptors (Lipinski definition) is 5. The van der Waals surface area contributed by atoms with Crippen LogP contribution in [-0.2, 0) is 16.4 Å². The number of piperazine rings is 1. The van der Waals surface area contributed by atoms with Crippen molar-refractivity contribution in [1.29, 1.82) is 0 Å². The Bertz CT molecular complexity index is 935. The van der Waals surface area contributed by atoms with Gasteiger partial charge < -0.3 is 4.90 Å². The summed E-state index contributed by atoms with van der Waals surface area (Å²) in [7, 11) is -3.15. The maximum absolute atomic E-state index is 12.4. The summed E-state index contributed by atoms with van der Waals surface area (Å²) in [6.45, 7) is 10.3. The van der Waals surface area contributed by atoms with Crippen LogP contribution in [0.25, 0.3) is 0 Å². The molecule has 0 aliphatic carbocycles. The minimum atomic E-state index is -3.15. The van der Waals surface area contributed by atoms with Crippen LogP contribution in [0.15, 0.2) is 24.3 Å². The third-order valence-electron chi connectivity index (χ3n) is 5.33. The lowest BCUT2D eigenvalue weighted by molar-refractivity contribution is 0.383. The van der Waals surface area contributed by atoms with Gasteiger partial charge in [-0.1, -0.05) is 31.2 Å². The van der Waals surface area contributed by atoms with Crippen LogP contribution in [0.2, 0.25) is 0 Å². The van der Waals surface area contributed by atoms with E-state index in [9.17, 15) is 8.42 Å². The van der Waals surface area contributed by atoms with Crippen molar-refractivity contribution in [2.75, 3.05) is 36.8 Å². The first-order valence-electron chi connectivity index (χ1n) is 9.93. The van der Waals surface area contributed by atoms with Crippen LogP contribution in [0.4, 0.5) is 5.82 Å². The van der Waals surface area contributed by atoms with Crippen molar-refractivity contribution in [1.82, 2.24) is 14.3 Å². The highest BCUT2D eigenvalue weighted by Gasteiger charge is 2.28. The van der Waals surface area contributed by atoms with Crippen molar-refractivity contribution >= 4 is 15.8 Å². The molecular formula is C21H30N4O2S. The molecule has 6 nitrogen and oxygen atoms in total. The highest BCUT2D eigenvalue weighted by molar-refractivity contribution is 7.89. The summed E-state index contributed by atoms with van der Waals surface area (Å²) >= 11 is 0. The lowest BCUT2D eigenvalue weighted by Gasteiger charge is -2.36. The van der Waals surface area contributed by atoms with E-state index in [1.54, 1.807) is 4.31 Å². The summed E-state index contributed by atoms with van der Waals surface area (Å²) in [5.74, 6) is 1.92. The van der Waals surface area contributed by atoms with Gasteiger partial charge in [0, 0.05) is 43.9 Å². The second-order valence-corrected chi connectivity index (χ2v) is 9.55. The van der Waals surface area contributed by atoms with Gasteiger partial charge in [0.25, 0.3) is 0 Å². The first-order valence-corrected chi connectivity index (χ1v) is 11.5. The van der Waals surface area contributed by atoms with Crippen molar-refractivity contribution in [3.8, 4) is 0 Å². The van der Waals surface area contributed by atoms with E-state index in [0.717, 1.165) is 29.3 Å². The molecule has 7 heteroatoms. The smallest absolute Gasteiger partial charge is 0.214 e. The molecular weight excluding hydrogens is 372 g/mol. The molecule has 2 heterocycles. The van der Waals surface area contributed by atoms with Crippen LogP contribution in [0.5, 0.6) is 0 Å². The summed E-state index contributed by atoms with van der Waals surface area (Å²) in [5.41, 5.74) is 4.64. The molecule has 0 amide bonds. The van der Waals surface area contributed by atoms with Crippen LogP contribution in [0.3, 0.4) is 0 Å². The molecule has 2 aromatic rings. The van der Waals surface area contributed by atoms with Gasteiger partial charge in [-0.3, -0.25) is 0 Å². The van der Waals surface area contributed by atoms with Gasteiger partial charge in [-0.2, -0.15) is 4.31 Å². The summed E-state index contributed by atoms with van der Waals surface area (Å²) in [4.78, 5) is 11.6. The zero-order valence-electron chi connectivity index (χ0n) is 17.3. The molecule has 0 N–H and O–H groups in total. The van der Waals surface area contributed by atoms with Crippen LogP contribution < -0.4 is 4.90 Å². The Hall–Kier alpha value is -1.99. The SMILES string of the molecule is CCCS(=O)(=O)N1CCN(c2nc(C)nc(C)c2Cc2ccccc2C)CC1. The predicted molar refractivity (Wildman–Crippen MR) is 113 cm³/mol. The Labute approximate surface area is 168 Å². The lowest BCUT2D eigenvalue weighted by Crippen LogP contribution is -2.49.